The molecule has 80 valence electrons. The number of aromatic amines is 1. The van der Waals surface area contributed by atoms with Gasteiger partial charge in [0.1, 0.15) is 6.07 Å². The third kappa shape index (κ3) is 1.85. The molecule has 0 atom stereocenters. The van der Waals surface area contributed by atoms with Gasteiger partial charge in [-0.25, -0.2) is 0 Å². The second kappa shape index (κ2) is 4.24. The van der Waals surface area contributed by atoms with Gasteiger partial charge in [0.2, 0.25) is 0 Å². The smallest absolute Gasteiger partial charge is 0.101 e. The van der Waals surface area contributed by atoms with Crippen LogP contribution in [-0.4, -0.2) is 4.98 Å². The van der Waals surface area contributed by atoms with Crippen molar-refractivity contribution in [3.05, 3.63) is 47.2 Å². The van der Waals surface area contributed by atoms with Gasteiger partial charge < -0.3 is 4.98 Å². The first-order chi connectivity index (χ1) is 7.74. The van der Waals surface area contributed by atoms with Crippen molar-refractivity contribution in [1.82, 2.24) is 4.98 Å². The fourth-order valence-corrected chi connectivity index (χ4v) is 1.84. The van der Waals surface area contributed by atoms with E-state index in [1.165, 1.54) is 5.56 Å². The minimum absolute atomic E-state index is 0.749. The summed E-state index contributed by atoms with van der Waals surface area (Å²) in [6, 6.07) is 12.4. The molecular weight excluding hydrogens is 196 g/mol. The highest BCUT2D eigenvalue weighted by atomic mass is 14.7. The molecule has 0 aliphatic carbocycles. The molecular formula is C14H14N2. The van der Waals surface area contributed by atoms with Crippen molar-refractivity contribution in [1.29, 1.82) is 5.26 Å². The Balaban J connectivity index is 2.49. The van der Waals surface area contributed by atoms with Crippen LogP contribution in [0.3, 0.4) is 0 Å². The van der Waals surface area contributed by atoms with Crippen LogP contribution < -0.4 is 0 Å². The van der Waals surface area contributed by atoms with Gasteiger partial charge in [0, 0.05) is 11.4 Å². The summed E-state index contributed by atoms with van der Waals surface area (Å²) in [6.45, 7) is 4.12. The van der Waals surface area contributed by atoms with E-state index in [0.29, 0.717) is 0 Å². The van der Waals surface area contributed by atoms with E-state index in [9.17, 15) is 0 Å². The molecule has 2 heteroatoms. The molecule has 2 aromatic rings. The molecule has 1 aromatic heterocycles. The van der Waals surface area contributed by atoms with Gasteiger partial charge >= 0.3 is 0 Å². The van der Waals surface area contributed by atoms with Gasteiger partial charge in [-0.1, -0.05) is 30.7 Å². The predicted octanol–water partition coefficient (Wildman–Crippen LogP) is 3.42. The maximum atomic E-state index is 8.99. The molecule has 1 heterocycles. The van der Waals surface area contributed by atoms with Crippen LogP contribution in [-0.2, 0) is 6.42 Å². The van der Waals surface area contributed by atoms with E-state index in [1.54, 1.807) is 0 Å². The van der Waals surface area contributed by atoms with Gasteiger partial charge in [-0.2, -0.15) is 5.26 Å². The zero-order valence-corrected chi connectivity index (χ0v) is 9.54. The molecule has 0 unspecified atom stereocenters. The quantitative estimate of drug-likeness (QED) is 0.810. The second-order valence-corrected chi connectivity index (χ2v) is 3.91. The van der Waals surface area contributed by atoms with Gasteiger partial charge in [0.05, 0.1) is 5.56 Å². The number of benzene rings is 1. The van der Waals surface area contributed by atoms with Crippen LogP contribution in [0, 0.1) is 18.3 Å². The summed E-state index contributed by atoms with van der Waals surface area (Å²) in [6.07, 6.45) is 0.856. The molecule has 1 N–H and O–H groups in total. The molecule has 1 aromatic carbocycles. The third-order valence-corrected chi connectivity index (χ3v) is 2.70. The maximum Gasteiger partial charge on any atom is 0.101 e. The van der Waals surface area contributed by atoms with Crippen molar-refractivity contribution in [2.45, 2.75) is 20.3 Å². The maximum absolute atomic E-state index is 8.99. The lowest BCUT2D eigenvalue weighted by Gasteiger charge is -1.99. The van der Waals surface area contributed by atoms with E-state index >= 15 is 0 Å². The fraction of sp³-hybridized carbons (Fsp3) is 0.214. The Morgan fingerprint density at radius 1 is 1.31 bits per heavy atom. The molecule has 0 saturated carbocycles. The molecule has 0 spiro atoms. The van der Waals surface area contributed by atoms with Gasteiger partial charge in [-0.05, 0) is 31.0 Å². The van der Waals surface area contributed by atoms with Gasteiger partial charge in [0.15, 0.2) is 0 Å². The first kappa shape index (κ1) is 10.5. The number of rotatable bonds is 2. The van der Waals surface area contributed by atoms with E-state index in [2.05, 4.69) is 36.2 Å². The second-order valence-electron chi connectivity index (χ2n) is 3.91. The van der Waals surface area contributed by atoms with Crippen molar-refractivity contribution >= 4 is 0 Å². The number of hydrogen-bond donors (Lipinski definition) is 1. The minimum atomic E-state index is 0.749. The molecule has 0 aliphatic rings. The van der Waals surface area contributed by atoms with Crippen molar-refractivity contribution in [3.63, 3.8) is 0 Å². The van der Waals surface area contributed by atoms with Crippen LogP contribution in [0.4, 0.5) is 0 Å². The van der Waals surface area contributed by atoms with Crippen LogP contribution in [0.5, 0.6) is 0 Å². The number of aryl methyl sites for hydroxylation is 2. The van der Waals surface area contributed by atoms with E-state index in [-0.39, 0.29) is 0 Å². The summed E-state index contributed by atoms with van der Waals surface area (Å²) >= 11 is 0. The lowest BCUT2D eigenvalue weighted by atomic mass is 10.1. The standard InChI is InChI=1S/C14H14N2/c1-3-13-12(9-15)8-14(16-13)11-6-4-5-10(2)7-11/h4-8,16H,3H2,1-2H3. The summed E-state index contributed by atoms with van der Waals surface area (Å²) in [5, 5.41) is 8.99. The number of nitrogens with zero attached hydrogens (tertiary/aromatic N) is 1. The number of aromatic nitrogens is 1. The van der Waals surface area contributed by atoms with E-state index in [4.69, 9.17) is 5.26 Å². The van der Waals surface area contributed by atoms with Crippen molar-refractivity contribution in [2.24, 2.45) is 0 Å². The van der Waals surface area contributed by atoms with Crippen LogP contribution in [0.2, 0.25) is 0 Å². The van der Waals surface area contributed by atoms with Crippen LogP contribution >= 0.6 is 0 Å². The Morgan fingerprint density at radius 3 is 2.69 bits per heavy atom. The Labute approximate surface area is 95.6 Å². The van der Waals surface area contributed by atoms with Gasteiger partial charge in [-0.3, -0.25) is 0 Å². The third-order valence-electron chi connectivity index (χ3n) is 2.70. The molecule has 2 rings (SSSR count). The summed E-state index contributed by atoms with van der Waals surface area (Å²) < 4.78 is 0. The monoisotopic (exact) mass is 210 g/mol. The lowest BCUT2D eigenvalue weighted by molar-refractivity contribution is 1.06. The largest absolute Gasteiger partial charge is 0.357 e. The zero-order valence-electron chi connectivity index (χ0n) is 9.54. The molecule has 16 heavy (non-hydrogen) atoms. The van der Waals surface area contributed by atoms with Crippen LogP contribution in [0.1, 0.15) is 23.7 Å². The zero-order chi connectivity index (χ0) is 11.5. The van der Waals surface area contributed by atoms with Crippen molar-refractivity contribution in [3.8, 4) is 17.3 Å². The fourth-order valence-electron chi connectivity index (χ4n) is 1.84. The highest BCUT2D eigenvalue weighted by molar-refractivity contribution is 5.63. The molecule has 0 aliphatic heterocycles. The first-order valence-electron chi connectivity index (χ1n) is 5.43. The SMILES string of the molecule is CCc1[nH]c(-c2cccc(C)c2)cc1C#N. The molecule has 0 amide bonds. The first-order valence-corrected chi connectivity index (χ1v) is 5.43. The average molecular weight is 210 g/mol. The summed E-state index contributed by atoms with van der Waals surface area (Å²) in [7, 11) is 0. The summed E-state index contributed by atoms with van der Waals surface area (Å²) in [4.78, 5) is 3.30. The lowest BCUT2D eigenvalue weighted by Crippen LogP contribution is -1.83. The molecule has 0 fully saturated rings. The van der Waals surface area contributed by atoms with Gasteiger partial charge in [-0.15, -0.1) is 0 Å². The van der Waals surface area contributed by atoms with Gasteiger partial charge in [0.25, 0.3) is 0 Å². The van der Waals surface area contributed by atoms with Crippen LogP contribution in [0.15, 0.2) is 30.3 Å². The Kier molecular flexibility index (Phi) is 2.78. The number of H-pyrrole nitrogens is 1. The minimum Gasteiger partial charge on any atom is -0.357 e. The van der Waals surface area contributed by atoms with Crippen LogP contribution in [0.25, 0.3) is 11.3 Å². The summed E-state index contributed by atoms with van der Waals surface area (Å²) in [5.41, 5.74) is 5.15. The van der Waals surface area contributed by atoms with Crippen molar-refractivity contribution < 1.29 is 0 Å². The van der Waals surface area contributed by atoms with E-state index < -0.39 is 0 Å². The number of nitriles is 1. The predicted molar refractivity (Wildman–Crippen MR) is 65.1 cm³/mol. The molecule has 0 bridgehead atoms. The highest BCUT2D eigenvalue weighted by Gasteiger charge is 2.07. The normalized spacial score (nSPS) is 10.1. The number of hydrogen-bond acceptors (Lipinski definition) is 1. The van der Waals surface area contributed by atoms with Crippen molar-refractivity contribution in [2.75, 3.05) is 0 Å². The highest BCUT2D eigenvalue weighted by Crippen LogP contribution is 2.22. The molecule has 0 radical (unpaired) electrons. The van der Waals surface area contributed by atoms with E-state index in [0.717, 1.165) is 28.9 Å². The Hall–Kier alpha value is -2.01. The average Bonchev–Trinajstić information content (AvgIpc) is 2.72. The Morgan fingerprint density at radius 2 is 2.12 bits per heavy atom. The Bertz CT molecular complexity index is 544. The summed E-state index contributed by atoms with van der Waals surface area (Å²) in [5.74, 6) is 0. The molecule has 2 nitrogen and oxygen atoms in total. The van der Waals surface area contributed by atoms with E-state index in [1.807, 2.05) is 19.1 Å². The number of nitrogens with one attached hydrogen (secondary N) is 1. The molecule has 0 saturated heterocycles. The topological polar surface area (TPSA) is 39.6 Å².